The lowest BCUT2D eigenvalue weighted by molar-refractivity contribution is 0.594. The van der Waals surface area contributed by atoms with E-state index in [1.54, 1.807) is 0 Å². The maximum atomic E-state index is 11.3. The van der Waals surface area contributed by atoms with Gasteiger partial charge in [0.05, 0.1) is 6.20 Å². The number of sulfonamides is 1. The third-order valence-electron chi connectivity index (χ3n) is 3.89. The molecule has 1 saturated carbocycles. The summed E-state index contributed by atoms with van der Waals surface area (Å²) in [5.41, 5.74) is 1.61. The molecule has 9 nitrogen and oxygen atoms in total. The zero-order valence-electron chi connectivity index (χ0n) is 13.3. The van der Waals surface area contributed by atoms with Crippen LogP contribution in [0.4, 0.5) is 11.6 Å². The molecule has 11 heteroatoms. The maximum Gasteiger partial charge on any atom is 0.255 e. The van der Waals surface area contributed by atoms with Crippen LogP contribution in [0.3, 0.4) is 0 Å². The van der Waals surface area contributed by atoms with Crippen molar-refractivity contribution in [3.63, 3.8) is 0 Å². The van der Waals surface area contributed by atoms with Gasteiger partial charge in [-0.2, -0.15) is 5.10 Å². The standard InChI is InChI=1S/C15H14ClN7O2S/c16-10-7-19-14(9-3-4-13(18-6-9)26(17,24)25)21-15(10)20-12-5-11(22-23-12)8-1-2-8/h3-8H,1-2H2,(H2,17,24,25)(H2,19,20,21,22,23). The first-order valence-electron chi connectivity index (χ1n) is 7.74. The van der Waals surface area contributed by atoms with Crippen molar-refractivity contribution in [1.29, 1.82) is 0 Å². The van der Waals surface area contributed by atoms with Gasteiger partial charge in [0.2, 0.25) is 0 Å². The average molecular weight is 392 g/mol. The van der Waals surface area contributed by atoms with Gasteiger partial charge in [0.1, 0.15) is 5.02 Å². The Labute approximate surface area is 154 Å². The predicted molar refractivity (Wildman–Crippen MR) is 95.5 cm³/mol. The monoisotopic (exact) mass is 391 g/mol. The first-order chi connectivity index (χ1) is 12.4. The van der Waals surface area contributed by atoms with Crippen molar-refractivity contribution in [2.45, 2.75) is 23.8 Å². The van der Waals surface area contributed by atoms with Crippen LogP contribution in [0, 0.1) is 0 Å². The van der Waals surface area contributed by atoms with E-state index in [0.717, 1.165) is 5.69 Å². The maximum absolute atomic E-state index is 11.3. The molecule has 0 bridgehead atoms. The number of primary sulfonamides is 1. The van der Waals surface area contributed by atoms with E-state index >= 15 is 0 Å². The molecule has 134 valence electrons. The third-order valence-corrected chi connectivity index (χ3v) is 4.99. The molecule has 3 aromatic heterocycles. The lowest BCUT2D eigenvalue weighted by Gasteiger charge is -2.07. The number of H-pyrrole nitrogens is 1. The van der Waals surface area contributed by atoms with Crippen LogP contribution in [0.2, 0.25) is 5.02 Å². The largest absolute Gasteiger partial charge is 0.322 e. The molecule has 3 aromatic rings. The van der Waals surface area contributed by atoms with Crippen LogP contribution < -0.4 is 10.5 Å². The highest BCUT2D eigenvalue weighted by atomic mass is 35.5. The zero-order valence-corrected chi connectivity index (χ0v) is 14.9. The number of pyridine rings is 1. The fourth-order valence-electron chi connectivity index (χ4n) is 2.40. The van der Waals surface area contributed by atoms with Gasteiger partial charge in [0, 0.05) is 29.4 Å². The lowest BCUT2D eigenvalue weighted by Crippen LogP contribution is -2.13. The summed E-state index contributed by atoms with van der Waals surface area (Å²) in [5.74, 6) is 1.89. The normalized spacial score (nSPS) is 14.4. The predicted octanol–water partition coefficient (Wildman–Crippen LogP) is 2.18. The van der Waals surface area contributed by atoms with Gasteiger partial charge in [-0.15, -0.1) is 0 Å². The van der Waals surface area contributed by atoms with Crippen molar-refractivity contribution in [3.05, 3.63) is 41.3 Å². The smallest absolute Gasteiger partial charge is 0.255 e. The second-order valence-electron chi connectivity index (χ2n) is 5.93. The van der Waals surface area contributed by atoms with Gasteiger partial charge in [0.25, 0.3) is 10.0 Å². The van der Waals surface area contributed by atoms with Crippen molar-refractivity contribution in [3.8, 4) is 11.4 Å². The summed E-state index contributed by atoms with van der Waals surface area (Å²) < 4.78 is 22.6. The molecule has 4 N–H and O–H groups in total. The second kappa shape index (κ2) is 6.31. The second-order valence-corrected chi connectivity index (χ2v) is 7.84. The number of nitrogens with zero attached hydrogens (tertiary/aromatic N) is 4. The fourth-order valence-corrected chi connectivity index (χ4v) is 3.00. The molecule has 3 heterocycles. The van der Waals surface area contributed by atoms with Crippen LogP contribution in [0.15, 0.2) is 35.6 Å². The Bertz CT molecular complexity index is 1060. The average Bonchev–Trinajstić information content (AvgIpc) is 3.36. The number of aromatic amines is 1. The number of nitrogens with two attached hydrogens (primary N) is 1. The molecule has 26 heavy (non-hydrogen) atoms. The summed E-state index contributed by atoms with van der Waals surface area (Å²) in [6, 6.07) is 4.75. The highest BCUT2D eigenvalue weighted by Gasteiger charge is 2.25. The Morgan fingerprint density at radius 3 is 2.69 bits per heavy atom. The van der Waals surface area contributed by atoms with E-state index in [2.05, 4.69) is 30.5 Å². The number of anilines is 2. The molecule has 0 spiro atoms. The Kier molecular flexibility index (Phi) is 4.10. The van der Waals surface area contributed by atoms with Crippen LogP contribution in [-0.2, 0) is 10.0 Å². The van der Waals surface area contributed by atoms with Gasteiger partial charge in [0.15, 0.2) is 22.5 Å². The molecule has 0 saturated heterocycles. The molecule has 1 fully saturated rings. The van der Waals surface area contributed by atoms with Crippen LogP contribution >= 0.6 is 11.6 Å². The quantitative estimate of drug-likeness (QED) is 0.605. The Morgan fingerprint density at radius 1 is 1.23 bits per heavy atom. The molecule has 0 radical (unpaired) electrons. The first-order valence-corrected chi connectivity index (χ1v) is 9.67. The van der Waals surface area contributed by atoms with E-state index in [1.807, 2.05) is 6.07 Å². The first kappa shape index (κ1) is 16.9. The Hall–Kier alpha value is -2.56. The molecule has 1 aliphatic carbocycles. The van der Waals surface area contributed by atoms with E-state index < -0.39 is 10.0 Å². The van der Waals surface area contributed by atoms with E-state index in [0.29, 0.717) is 34.0 Å². The lowest BCUT2D eigenvalue weighted by atomic mass is 10.2. The molecular weight excluding hydrogens is 378 g/mol. The number of nitrogens with one attached hydrogen (secondary N) is 2. The van der Waals surface area contributed by atoms with Crippen LogP contribution in [0.1, 0.15) is 24.5 Å². The molecule has 1 aliphatic rings. The summed E-state index contributed by atoms with van der Waals surface area (Å²) in [4.78, 5) is 12.4. The Morgan fingerprint density at radius 2 is 2.04 bits per heavy atom. The van der Waals surface area contributed by atoms with Crippen molar-refractivity contribution in [2.24, 2.45) is 5.14 Å². The van der Waals surface area contributed by atoms with Crippen molar-refractivity contribution < 1.29 is 8.42 Å². The van der Waals surface area contributed by atoms with E-state index in [9.17, 15) is 8.42 Å². The van der Waals surface area contributed by atoms with Gasteiger partial charge >= 0.3 is 0 Å². The molecule has 0 amide bonds. The molecular formula is C15H14ClN7O2S. The number of hydrogen-bond donors (Lipinski definition) is 3. The van der Waals surface area contributed by atoms with Gasteiger partial charge in [-0.3, -0.25) is 5.10 Å². The molecule has 0 unspecified atom stereocenters. The van der Waals surface area contributed by atoms with E-state index in [4.69, 9.17) is 16.7 Å². The van der Waals surface area contributed by atoms with Crippen LogP contribution in [0.25, 0.3) is 11.4 Å². The summed E-state index contributed by atoms with van der Waals surface area (Å²) >= 11 is 6.16. The zero-order chi connectivity index (χ0) is 18.3. The highest BCUT2D eigenvalue weighted by Crippen LogP contribution is 2.39. The summed E-state index contributed by atoms with van der Waals surface area (Å²) in [5, 5.41) is 15.4. The minimum atomic E-state index is -3.85. The summed E-state index contributed by atoms with van der Waals surface area (Å²) in [6.07, 6.45) is 5.13. The third kappa shape index (κ3) is 3.52. The molecule has 4 rings (SSSR count). The number of halogens is 1. The van der Waals surface area contributed by atoms with Gasteiger partial charge in [-0.25, -0.2) is 28.5 Å². The summed E-state index contributed by atoms with van der Waals surface area (Å²) in [7, 11) is -3.85. The fraction of sp³-hybridized carbons (Fsp3) is 0.200. The van der Waals surface area contributed by atoms with Crippen LogP contribution in [0.5, 0.6) is 0 Å². The van der Waals surface area contributed by atoms with Gasteiger partial charge in [-0.1, -0.05) is 11.6 Å². The SMILES string of the molecule is NS(=O)(=O)c1ccc(-c2ncc(Cl)c(Nc3cc(C4CC4)[nH]n3)n2)cn1. The molecule has 0 aliphatic heterocycles. The highest BCUT2D eigenvalue weighted by molar-refractivity contribution is 7.89. The topological polar surface area (TPSA) is 140 Å². The Balaban J connectivity index is 1.60. The van der Waals surface area contributed by atoms with Crippen molar-refractivity contribution >= 4 is 33.3 Å². The van der Waals surface area contributed by atoms with Crippen LogP contribution in [-0.4, -0.2) is 33.6 Å². The minimum absolute atomic E-state index is 0.224. The van der Waals surface area contributed by atoms with Crippen molar-refractivity contribution in [1.82, 2.24) is 25.1 Å². The number of hydrogen-bond acceptors (Lipinski definition) is 7. The summed E-state index contributed by atoms with van der Waals surface area (Å²) in [6.45, 7) is 0. The van der Waals surface area contributed by atoms with Gasteiger partial charge in [-0.05, 0) is 25.0 Å². The molecule has 0 aromatic carbocycles. The van der Waals surface area contributed by atoms with Gasteiger partial charge < -0.3 is 5.32 Å². The van der Waals surface area contributed by atoms with E-state index in [1.165, 1.54) is 37.4 Å². The number of rotatable bonds is 5. The minimum Gasteiger partial charge on any atom is -0.322 e. The molecule has 0 atom stereocenters. The van der Waals surface area contributed by atoms with Crippen molar-refractivity contribution in [2.75, 3.05) is 5.32 Å². The number of aromatic nitrogens is 5. The van der Waals surface area contributed by atoms with E-state index in [-0.39, 0.29) is 5.03 Å².